The molecule has 5 aliphatic rings. The van der Waals surface area contributed by atoms with Crippen LogP contribution in [0.4, 0.5) is 0 Å². The molecule has 0 unspecified atom stereocenters. The quantitative estimate of drug-likeness (QED) is 0.667. The van der Waals surface area contributed by atoms with E-state index in [4.69, 9.17) is 18.9 Å². The van der Waals surface area contributed by atoms with Crippen molar-refractivity contribution in [3.05, 3.63) is 68.6 Å². The average molecular weight is 354 g/mol. The van der Waals surface area contributed by atoms with Crippen molar-refractivity contribution < 1.29 is 18.9 Å². The van der Waals surface area contributed by atoms with E-state index in [1.165, 1.54) is 33.4 Å². The van der Waals surface area contributed by atoms with Gasteiger partial charge in [-0.1, -0.05) is 32.9 Å². The first kappa shape index (κ1) is 17.1. The van der Waals surface area contributed by atoms with Gasteiger partial charge in [0.2, 0.25) is 13.6 Å². The Kier molecular flexibility index (Phi) is 4.43. The molecule has 0 spiro atoms. The zero-order valence-corrected chi connectivity index (χ0v) is 16.0. The van der Waals surface area contributed by atoms with Gasteiger partial charge in [0.25, 0.3) is 0 Å². The fourth-order valence-electron chi connectivity index (χ4n) is 4.13. The molecular weight excluding hydrogens is 328 g/mol. The molecule has 138 valence electrons. The Morgan fingerprint density at radius 1 is 0.731 bits per heavy atom. The highest BCUT2D eigenvalue weighted by Gasteiger charge is 2.36. The minimum atomic E-state index is 0.340. The van der Waals surface area contributed by atoms with Crippen LogP contribution >= 0.6 is 0 Å². The Bertz CT molecular complexity index is 830. The van der Waals surface area contributed by atoms with Crippen molar-refractivity contribution in [2.24, 2.45) is 0 Å². The molecule has 0 N–H and O–H groups in total. The second kappa shape index (κ2) is 6.75. The van der Waals surface area contributed by atoms with E-state index in [-0.39, 0.29) is 0 Å². The van der Waals surface area contributed by atoms with E-state index in [0.29, 0.717) is 13.6 Å². The first-order chi connectivity index (χ1) is 12.8. The lowest BCUT2D eigenvalue weighted by Crippen LogP contribution is -1.96. The number of ether oxygens (including phenoxy) is 4. The van der Waals surface area contributed by atoms with Crippen molar-refractivity contribution in [1.29, 1.82) is 0 Å². The molecule has 0 aromatic rings. The Hall–Kier alpha value is -2.36. The van der Waals surface area contributed by atoms with Crippen molar-refractivity contribution in [2.75, 3.05) is 13.6 Å². The fraction of sp³-hybridized carbons (Fsp3) is 0.455. The van der Waals surface area contributed by atoms with Crippen LogP contribution in [0.3, 0.4) is 0 Å². The predicted molar refractivity (Wildman–Crippen MR) is 99.5 cm³/mol. The van der Waals surface area contributed by atoms with Gasteiger partial charge in [-0.05, 0) is 42.1 Å². The van der Waals surface area contributed by atoms with Gasteiger partial charge in [-0.2, -0.15) is 0 Å². The second-order valence-corrected chi connectivity index (χ2v) is 6.74. The highest BCUT2D eigenvalue weighted by molar-refractivity contribution is 5.60. The topological polar surface area (TPSA) is 36.9 Å². The molecule has 2 fully saturated rings. The maximum Gasteiger partial charge on any atom is 0.231 e. The lowest BCUT2D eigenvalue weighted by atomic mass is 9.95. The minimum absolute atomic E-state index is 0.340. The van der Waals surface area contributed by atoms with Gasteiger partial charge in [0.1, 0.15) is 0 Å². The lowest BCUT2D eigenvalue weighted by Gasteiger charge is -2.10. The summed E-state index contributed by atoms with van der Waals surface area (Å²) in [5.41, 5.74) is 7.86. The Morgan fingerprint density at radius 2 is 1.27 bits per heavy atom. The van der Waals surface area contributed by atoms with Crippen LogP contribution in [0.2, 0.25) is 0 Å². The molecule has 0 aromatic carbocycles. The van der Waals surface area contributed by atoms with Crippen LogP contribution in [0.1, 0.15) is 53.4 Å². The number of rotatable bonds is 3. The summed E-state index contributed by atoms with van der Waals surface area (Å²) in [5, 5.41) is 0. The van der Waals surface area contributed by atoms with E-state index >= 15 is 0 Å². The highest BCUT2D eigenvalue weighted by atomic mass is 16.7. The van der Waals surface area contributed by atoms with Crippen LogP contribution in [0.5, 0.6) is 0 Å². The molecule has 0 amide bonds. The van der Waals surface area contributed by atoms with Gasteiger partial charge < -0.3 is 18.9 Å². The molecule has 0 atom stereocenters. The Morgan fingerprint density at radius 3 is 1.92 bits per heavy atom. The number of hydrogen-bond acceptors (Lipinski definition) is 4. The molecule has 3 aliphatic carbocycles. The maximum absolute atomic E-state index is 5.75. The molecule has 2 saturated heterocycles. The second-order valence-electron chi connectivity index (χ2n) is 6.74. The molecule has 2 heterocycles. The van der Waals surface area contributed by atoms with E-state index in [0.717, 1.165) is 48.7 Å². The largest absolute Gasteiger partial charge is 0.454 e. The van der Waals surface area contributed by atoms with Crippen LogP contribution < -0.4 is 0 Å². The Balaban J connectivity index is 0.000000814. The van der Waals surface area contributed by atoms with E-state index in [1.807, 2.05) is 13.8 Å². The van der Waals surface area contributed by atoms with Crippen molar-refractivity contribution >= 4 is 0 Å². The summed E-state index contributed by atoms with van der Waals surface area (Å²) in [6.45, 7) is 8.98. The smallest absolute Gasteiger partial charge is 0.231 e. The van der Waals surface area contributed by atoms with E-state index in [1.54, 1.807) is 0 Å². The standard InChI is InChI=1S/C20H20O4.C2H6/c1-3-12-8-16(20-18(12)22-10-24-20)14-5-4-13(7-14)15-6-11(2)17-19(15)23-9-21-17;1-2/h4-5H,3,6-10H2,1-2H3;1-2H3. The van der Waals surface area contributed by atoms with Crippen LogP contribution in [-0.4, -0.2) is 13.6 Å². The maximum atomic E-state index is 5.75. The molecule has 26 heavy (non-hydrogen) atoms. The third kappa shape index (κ3) is 2.51. The molecule has 0 radical (unpaired) electrons. The van der Waals surface area contributed by atoms with Crippen LogP contribution in [-0.2, 0) is 18.9 Å². The predicted octanol–water partition coefficient (Wildman–Crippen LogP) is 5.53. The molecule has 0 bridgehead atoms. The van der Waals surface area contributed by atoms with Gasteiger partial charge in [-0.3, -0.25) is 0 Å². The summed E-state index contributed by atoms with van der Waals surface area (Å²) >= 11 is 0. The third-order valence-corrected chi connectivity index (χ3v) is 5.38. The molecule has 2 aliphatic heterocycles. The SMILES string of the molecule is CC.CCC1=C2OCOC2=C(C2=CC=C(C3=C4OCOC4=C(C)C3)C2)C1. The molecule has 4 nitrogen and oxygen atoms in total. The number of allylic oxidation sites excluding steroid dienone is 8. The monoisotopic (exact) mass is 354 g/mol. The van der Waals surface area contributed by atoms with Crippen molar-refractivity contribution in [3.8, 4) is 0 Å². The van der Waals surface area contributed by atoms with Gasteiger partial charge in [0.05, 0.1) is 0 Å². The summed E-state index contributed by atoms with van der Waals surface area (Å²) in [5.74, 6) is 3.85. The van der Waals surface area contributed by atoms with Crippen LogP contribution in [0.15, 0.2) is 68.6 Å². The number of hydrogen-bond donors (Lipinski definition) is 0. The lowest BCUT2D eigenvalue weighted by molar-refractivity contribution is 0.0946. The highest BCUT2D eigenvalue weighted by Crippen LogP contribution is 2.47. The minimum Gasteiger partial charge on any atom is -0.454 e. The first-order valence-electron chi connectivity index (χ1n) is 9.56. The van der Waals surface area contributed by atoms with Gasteiger partial charge in [0.15, 0.2) is 23.0 Å². The summed E-state index contributed by atoms with van der Waals surface area (Å²) in [4.78, 5) is 0. The normalized spacial score (nSPS) is 23.1. The fourth-order valence-corrected chi connectivity index (χ4v) is 4.13. The average Bonchev–Trinajstić information content (AvgIpc) is 3.45. The van der Waals surface area contributed by atoms with Crippen molar-refractivity contribution in [2.45, 2.75) is 53.4 Å². The van der Waals surface area contributed by atoms with Crippen molar-refractivity contribution in [1.82, 2.24) is 0 Å². The zero-order valence-electron chi connectivity index (χ0n) is 16.0. The Labute approximate surface area is 155 Å². The zero-order chi connectivity index (χ0) is 18.3. The van der Waals surface area contributed by atoms with Crippen LogP contribution in [0.25, 0.3) is 0 Å². The molecule has 4 heteroatoms. The van der Waals surface area contributed by atoms with Gasteiger partial charge in [-0.15, -0.1) is 0 Å². The summed E-state index contributed by atoms with van der Waals surface area (Å²) in [6, 6.07) is 0. The van der Waals surface area contributed by atoms with Gasteiger partial charge in [-0.25, -0.2) is 0 Å². The van der Waals surface area contributed by atoms with Gasteiger partial charge in [0, 0.05) is 24.0 Å². The van der Waals surface area contributed by atoms with Crippen molar-refractivity contribution in [3.63, 3.8) is 0 Å². The van der Waals surface area contributed by atoms with E-state index in [9.17, 15) is 0 Å². The molecule has 0 aromatic heterocycles. The molecule has 5 rings (SSSR count). The van der Waals surface area contributed by atoms with E-state index in [2.05, 4.69) is 26.0 Å². The van der Waals surface area contributed by atoms with E-state index < -0.39 is 0 Å². The molecular formula is C22H26O4. The summed E-state index contributed by atoms with van der Waals surface area (Å²) in [7, 11) is 0. The van der Waals surface area contributed by atoms with Crippen LogP contribution in [0, 0.1) is 0 Å². The summed E-state index contributed by atoms with van der Waals surface area (Å²) in [6.07, 6.45) is 8.26. The third-order valence-electron chi connectivity index (χ3n) is 5.38. The number of fused-ring (bicyclic) bond motifs is 2. The van der Waals surface area contributed by atoms with Gasteiger partial charge >= 0.3 is 0 Å². The summed E-state index contributed by atoms with van der Waals surface area (Å²) < 4.78 is 22.7. The first-order valence-corrected chi connectivity index (χ1v) is 9.56. The molecule has 0 saturated carbocycles.